The van der Waals surface area contributed by atoms with Gasteiger partial charge in [-0.3, -0.25) is 13.8 Å². The number of carbonyl (C=O) groups excluding carboxylic acids is 1. The molecule has 0 bridgehead atoms. The van der Waals surface area contributed by atoms with Gasteiger partial charge in [-0.2, -0.15) is 8.42 Å². The van der Waals surface area contributed by atoms with E-state index in [9.17, 15) is 23.4 Å². The highest BCUT2D eigenvalue weighted by molar-refractivity contribution is 7.85. The number of allylic oxidation sites excluding steroid dienone is 1. The Hall–Kier alpha value is -1.13. The van der Waals surface area contributed by atoms with Gasteiger partial charge >= 0.3 is 0 Å². The molecule has 1 aliphatic rings. The number of aliphatic hydroxyl groups excluding tert-OH is 2. The lowest BCUT2D eigenvalue weighted by molar-refractivity contribution is -0.837. The van der Waals surface area contributed by atoms with E-state index in [1.807, 2.05) is 6.08 Å². The first kappa shape index (κ1) is 22.9. The Bertz CT molecular complexity index is 604. The second-order valence-electron chi connectivity index (χ2n) is 6.77. The van der Waals surface area contributed by atoms with Crippen LogP contribution in [0.3, 0.4) is 0 Å². The van der Waals surface area contributed by atoms with E-state index < -0.39 is 22.0 Å². The lowest BCUT2D eigenvalue weighted by Crippen LogP contribution is -2.59. The number of hydrogen-bond acceptors (Lipinski definition) is 6. The number of nitrogens with zero attached hydrogens (tertiary/aromatic N) is 2. The molecule has 1 heterocycles. The normalized spacial score (nSPS) is 21.4. The summed E-state index contributed by atoms with van der Waals surface area (Å²) in [4.78, 5) is 16.9. The van der Waals surface area contributed by atoms with Crippen LogP contribution in [0.4, 0.5) is 0 Å². The molecule has 8 nitrogen and oxygen atoms in total. The van der Waals surface area contributed by atoms with Crippen LogP contribution in [0, 0.1) is 0 Å². The van der Waals surface area contributed by atoms with Crippen LogP contribution in [0.5, 0.6) is 0 Å². The van der Waals surface area contributed by atoms with Gasteiger partial charge < -0.3 is 10.2 Å². The van der Waals surface area contributed by atoms with Crippen LogP contribution in [0.25, 0.3) is 0 Å². The second kappa shape index (κ2) is 10.9. The summed E-state index contributed by atoms with van der Waals surface area (Å²) in [6.07, 6.45) is 5.57. The van der Waals surface area contributed by atoms with Gasteiger partial charge in [0.05, 0.1) is 13.2 Å². The zero-order chi connectivity index (χ0) is 19.6. The van der Waals surface area contributed by atoms with Crippen molar-refractivity contribution in [1.82, 2.24) is 0 Å². The summed E-state index contributed by atoms with van der Waals surface area (Å²) >= 11 is 0. The highest BCUT2D eigenvalue weighted by Gasteiger charge is 2.43. The van der Waals surface area contributed by atoms with Gasteiger partial charge in [-0.05, 0) is 19.3 Å². The monoisotopic (exact) mass is 391 g/mol. The molecular weight excluding hydrogens is 360 g/mol. The van der Waals surface area contributed by atoms with Crippen molar-refractivity contribution in [2.75, 3.05) is 38.5 Å². The van der Waals surface area contributed by atoms with Gasteiger partial charge in [-0.1, -0.05) is 18.9 Å². The number of hydrogen-bond donors (Lipinski definition) is 3. The summed E-state index contributed by atoms with van der Waals surface area (Å²) in [5.41, 5.74) is 0. The van der Waals surface area contributed by atoms with Crippen molar-refractivity contribution in [3.05, 3.63) is 12.7 Å². The SMILES string of the molecule is C=CCCCCCCC(=O)C1=NCC[N+]1(CCO)CC(O)CS(=O)(=O)O. The number of aliphatic imine (C=N–C) groups is 1. The lowest BCUT2D eigenvalue weighted by atomic mass is 10.1. The average Bonchev–Trinajstić information content (AvgIpc) is 2.92. The van der Waals surface area contributed by atoms with Crippen LogP contribution in [-0.4, -0.2) is 83.9 Å². The zero-order valence-electron chi connectivity index (χ0n) is 15.2. The molecule has 0 aliphatic carbocycles. The molecule has 26 heavy (non-hydrogen) atoms. The molecule has 0 saturated heterocycles. The Morgan fingerprint density at radius 2 is 2.00 bits per heavy atom. The average molecular weight is 392 g/mol. The number of carbonyl (C=O) groups is 1. The Morgan fingerprint density at radius 3 is 2.62 bits per heavy atom. The molecule has 0 aromatic rings. The van der Waals surface area contributed by atoms with Crippen LogP contribution in [0.1, 0.15) is 38.5 Å². The van der Waals surface area contributed by atoms with Crippen molar-refractivity contribution in [1.29, 1.82) is 0 Å². The Morgan fingerprint density at radius 1 is 1.31 bits per heavy atom. The maximum absolute atomic E-state index is 12.6. The molecule has 0 saturated carbocycles. The number of amidine groups is 1. The van der Waals surface area contributed by atoms with Crippen LogP contribution in [0.2, 0.25) is 0 Å². The number of Topliss-reactive ketones (excluding diaryl/α,β-unsaturated/α-hetero) is 1. The van der Waals surface area contributed by atoms with Crippen molar-refractivity contribution in [3.8, 4) is 0 Å². The van der Waals surface area contributed by atoms with Gasteiger partial charge in [0.15, 0.2) is 0 Å². The van der Waals surface area contributed by atoms with Crippen LogP contribution in [0.15, 0.2) is 17.6 Å². The fraction of sp³-hybridized carbons (Fsp3) is 0.765. The van der Waals surface area contributed by atoms with Gasteiger partial charge in [-0.15, -0.1) is 6.58 Å². The van der Waals surface area contributed by atoms with Crippen molar-refractivity contribution < 1.29 is 32.5 Å². The minimum absolute atomic E-state index is 0.0392. The maximum atomic E-state index is 12.6. The summed E-state index contributed by atoms with van der Waals surface area (Å²) in [6, 6.07) is 0. The smallest absolute Gasteiger partial charge is 0.267 e. The van der Waals surface area contributed by atoms with Crippen LogP contribution < -0.4 is 0 Å². The molecule has 2 unspecified atom stereocenters. The first-order chi connectivity index (χ1) is 12.2. The quantitative estimate of drug-likeness (QED) is 0.172. The molecule has 9 heteroatoms. The third-order valence-corrected chi connectivity index (χ3v) is 5.35. The Labute approximate surface area is 155 Å². The fourth-order valence-electron chi connectivity index (χ4n) is 3.37. The van der Waals surface area contributed by atoms with E-state index in [4.69, 9.17) is 4.55 Å². The summed E-state index contributed by atoms with van der Waals surface area (Å²) in [5, 5.41) is 19.4. The minimum atomic E-state index is -4.32. The highest BCUT2D eigenvalue weighted by atomic mass is 32.2. The van der Waals surface area contributed by atoms with Crippen molar-refractivity contribution in [3.63, 3.8) is 0 Å². The molecule has 0 radical (unpaired) electrons. The first-order valence-corrected chi connectivity index (χ1v) is 10.6. The van der Waals surface area contributed by atoms with Crippen molar-refractivity contribution in [2.45, 2.75) is 44.6 Å². The number of unbranched alkanes of at least 4 members (excludes halogenated alkanes) is 4. The topological polar surface area (TPSA) is 124 Å². The second-order valence-corrected chi connectivity index (χ2v) is 8.27. The van der Waals surface area contributed by atoms with E-state index in [1.165, 1.54) is 0 Å². The van der Waals surface area contributed by atoms with Gasteiger partial charge in [-0.25, -0.2) is 4.99 Å². The Balaban J connectivity index is 2.68. The van der Waals surface area contributed by atoms with E-state index in [-0.39, 0.29) is 30.0 Å². The number of rotatable bonds is 14. The van der Waals surface area contributed by atoms with Crippen LogP contribution >= 0.6 is 0 Å². The van der Waals surface area contributed by atoms with Gasteiger partial charge in [0.2, 0.25) is 5.78 Å². The van der Waals surface area contributed by atoms with Gasteiger partial charge in [0.1, 0.15) is 31.5 Å². The number of quaternary nitrogens is 1. The molecule has 3 N–H and O–H groups in total. The molecule has 0 spiro atoms. The molecule has 2 atom stereocenters. The third kappa shape index (κ3) is 7.63. The predicted molar refractivity (Wildman–Crippen MR) is 99.6 cm³/mol. The standard InChI is InChI=1S/C17H30N2O6S/c1-2-3-4-5-6-7-8-16(22)17-18-9-10-19(17,11-12-20)13-15(21)14-26(23,24)25/h2,15,20-21H,1,3-14H2/p+1. The fourth-order valence-corrected chi connectivity index (χ4v) is 3.96. The largest absolute Gasteiger partial charge is 0.390 e. The van der Waals surface area contributed by atoms with Crippen molar-refractivity contribution >= 4 is 21.7 Å². The predicted octanol–water partition coefficient (Wildman–Crippen LogP) is 0.552. The zero-order valence-corrected chi connectivity index (χ0v) is 16.0. The van der Waals surface area contributed by atoms with Gasteiger partial charge in [0, 0.05) is 6.42 Å². The molecular formula is C17H31N2O6S+. The molecule has 0 aromatic carbocycles. The molecule has 150 valence electrons. The number of aliphatic hydroxyl groups is 2. The molecule has 0 fully saturated rings. The number of ketones is 1. The highest BCUT2D eigenvalue weighted by Crippen LogP contribution is 2.20. The Kier molecular flexibility index (Phi) is 9.59. The molecule has 0 aromatic heterocycles. The summed E-state index contributed by atoms with van der Waals surface area (Å²) in [7, 11) is -4.32. The molecule has 0 amide bonds. The summed E-state index contributed by atoms with van der Waals surface area (Å²) in [6.45, 7) is 4.36. The minimum Gasteiger partial charge on any atom is -0.390 e. The van der Waals surface area contributed by atoms with Crippen molar-refractivity contribution in [2.24, 2.45) is 4.99 Å². The van der Waals surface area contributed by atoms with E-state index in [0.717, 1.165) is 32.1 Å². The van der Waals surface area contributed by atoms with E-state index in [2.05, 4.69) is 11.6 Å². The van der Waals surface area contributed by atoms with E-state index in [0.29, 0.717) is 25.3 Å². The van der Waals surface area contributed by atoms with Gasteiger partial charge in [0.25, 0.3) is 16.0 Å². The molecule has 1 rings (SSSR count). The lowest BCUT2D eigenvalue weighted by Gasteiger charge is -2.34. The maximum Gasteiger partial charge on any atom is 0.267 e. The third-order valence-electron chi connectivity index (χ3n) is 4.54. The van der Waals surface area contributed by atoms with E-state index in [1.54, 1.807) is 0 Å². The summed E-state index contributed by atoms with van der Waals surface area (Å²) < 4.78 is 30.8. The first-order valence-electron chi connectivity index (χ1n) is 9.03. The summed E-state index contributed by atoms with van der Waals surface area (Å²) in [5.74, 6) is -0.637. The van der Waals surface area contributed by atoms with E-state index >= 15 is 0 Å². The van der Waals surface area contributed by atoms with Crippen LogP contribution in [-0.2, 0) is 14.9 Å². The molecule has 1 aliphatic heterocycles.